The molecular formula is C20H23N3O4S. The fourth-order valence-electron chi connectivity index (χ4n) is 3.22. The Labute approximate surface area is 164 Å². The van der Waals surface area contributed by atoms with Gasteiger partial charge < -0.3 is 16.0 Å². The zero-order chi connectivity index (χ0) is 20.3. The van der Waals surface area contributed by atoms with E-state index in [1.54, 1.807) is 12.1 Å². The van der Waals surface area contributed by atoms with Crippen molar-refractivity contribution in [2.75, 3.05) is 18.1 Å². The van der Waals surface area contributed by atoms with Gasteiger partial charge >= 0.3 is 6.03 Å². The third kappa shape index (κ3) is 4.89. The van der Waals surface area contributed by atoms with E-state index in [-0.39, 0.29) is 35.2 Å². The second kappa shape index (κ2) is 8.02. The van der Waals surface area contributed by atoms with E-state index in [0.717, 1.165) is 17.4 Å². The van der Waals surface area contributed by atoms with Crippen LogP contribution in [0.1, 0.15) is 23.5 Å². The van der Waals surface area contributed by atoms with E-state index in [1.165, 1.54) is 12.1 Å². The van der Waals surface area contributed by atoms with E-state index >= 15 is 0 Å². The van der Waals surface area contributed by atoms with E-state index in [2.05, 4.69) is 16.0 Å². The van der Waals surface area contributed by atoms with E-state index in [9.17, 15) is 18.0 Å². The van der Waals surface area contributed by atoms with Gasteiger partial charge in [0, 0.05) is 30.8 Å². The minimum absolute atomic E-state index is 0.103. The van der Waals surface area contributed by atoms with Crippen LogP contribution in [0.15, 0.2) is 53.4 Å². The number of hydrogen-bond donors (Lipinski definition) is 3. The lowest BCUT2D eigenvalue weighted by Crippen LogP contribution is -2.52. The summed E-state index contributed by atoms with van der Waals surface area (Å²) in [6.07, 6.45) is 1.36. The standard InChI is InChI=1S/C20H23N3O4S/c1-13-3-7-15(8-4-13)22-20(25)23-18-12-21-19(24)11-17(18)14-5-9-16(10-6-14)28(2,26)27/h3-10,17-18H,11-12H2,1-2H3,(H,21,24)(H2,22,23,25)/t17?,18-/m1/s1. The molecule has 1 fully saturated rings. The molecule has 3 rings (SSSR count). The number of carbonyl (C=O) groups excluding carboxylic acids is 2. The summed E-state index contributed by atoms with van der Waals surface area (Å²) in [5, 5.41) is 8.47. The number of aryl methyl sites for hydroxylation is 1. The Bertz CT molecular complexity index is 970. The molecule has 1 aliphatic rings. The molecular weight excluding hydrogens is 378 g/mol. The topological polar surface area (TPSA) is 104 Å². The fourth-order valence-corrected chi connectivity index (χ4v) is 3.85. The first kappa shape index (κ1) is 19.9. The lowest BCUT2D eigenvalue weighted by Gasteiger charge is -2.32. The van der Waals surface area contributed by atoms with Crippen LogP contribution in [-0.2, 0) is 14.6 Å². The summed E-state index contributed by atoms with van der Waals surface area (Å²) in [5.74, 6) is -0.347. The van der Waals surface area contributed by atoms with Crippen molar-refractivity contribution in [1.29, 1.82) is 0 Å². The Morgan fingerprint density at radius 3 is 2.32 bits per heavy atom. The van der Waals surface area contributed by atoms with Crippen LogP contribution in [0.3, 0.4) is 0 Å². The average molecular weight is 401 g/mol. The summed E-state index contributed by atoms with van der Waals surface area (Å²) >= 11 is 0. The Balaban J connectivity index is 1.73. The smallest absolute Gasteiger partial charge is 0.319 e. The molecule has 0 spiro atoms. The highest BCUT2D eigenvalue weighted by Crippen LogP contribution is 2.27. The van der Waals surface area contributed by atoms with Crippen molar-refractivity contribution in [3.63, 3.8) is 0 Å². The van der Waals surface area contributed by atoms with Crippen LogP contribution < -0.4 is 16.0 Å². The monoisotopic (exact) mass is 401 g/mol. The number of piperidine rings is 1. The van der Waals surface area contributed by atoms with Crippen LogP contribution in [0.4, 0.5) is 10.5 Å². The van der Waals surface area contributed by atoms with Crippen molar-refractivity contribution in [3.05, 3.63) is 59.7 Å². The lowest BCUT2D eigenvalue weighted by atomic mass is 9.86. The first-order valence-electron chi connectivity index (χ1n) is 8.93. The zero-order valence-corrected chi connectivity index (χ0v) is 16.5. The third-order valence-electron chi connectivity index (χ3n) is 4.77. The third-order valence-corrected chi connectivity index (χ3v) is 5.90. The van der Waals surface area contributed by atoms with Gasteiger partial charge in [-0.1, -0.05) is 29.8 Å². The second-order valence-corrected chi connectivity index (χ2v) is 9.04. The van der Waals surface area contributed by atoms with Gasteiger partial charge in [0.1, 0.15) is 0 Å². The highest BCUT2D eigenvalue weighted by atomic mass is 32.2. The van der Waals surface area contributed by atoms with Gasteiger partial charge in [0.2, 0.25) is 5.91 Å². The molecule has 3 amide bonds. The lowest BCUT2D eigenvalue weighted by molar-refractivity contribution is -0.123. The van der Waals surface area contributed by atoms with E-state index < -0.39 is 9.84 Å². The molecule has 0 aromatic heterocycles. The van der Waals surface area contributed by atoms with Crippen LogP contribution in [0.5, 0.6) is 0 Å². The molecule has 0 aliphatic carbocycles. The molecule has 0 radical (unpaired) electrons. The zero-order valence-electron chi connectivity index (χ0n) is 15.7. The quantitative estimate of drug-likeness (QED) is 0.730. The van der Waals surface area contributed by atoms with Crippen molar-refractivity contribution in [1.82, 2.24) is 10.6 Å². The minimum Gasteiger partial charge on any atom is -0.354 e. The highest BCUT2D eigenvalue weighted by molar-refractivity contribution is 7.90. The highest BCUT2D eigenvalue weighted by Gasteiger charge is 2.31. The van der Waals surface area contributed by atoms with Crippen LogP contribution in [0.2, 0.25) is 0 Å². The summed E-state index contributed by atoms with van der Waals surface area (Å²) < 4.78 is 23.3. The molecule has 2 aromatic rings. The Morgan fingerprint density at radius 1 is 1.07 bits per heavy atom. The number of urea groups is 1. The summed E-state index contributed by atoms with van der Waals surface area (Å²) in [6.45, 7) is 2.27. The van der Waals surface area contributed by atoms with Gasteiger partial charge in [-0.15, -0.1) is 0 Å². The molecule has 0 bridgehead atoms. The number of carbonyl (C=O) groups is 2. The Hall–Kier alpha value is -2.87. The second-order valence-electron chi connectivity index (χ2n) is 7.03. The molecule has 2 atom stereocenters. The van der Waals surface area contributed by atoms with Crippen molar-refractivity contribution in [2.45, 2.75) is 30.2 Å². The average Bonchev–Trinajstić information content (AvgIpc) is 2.64. The Kier molecular flexibility index (Phi) is 5.69. The molecule has 2 aromatic carbocycles. The van der Waals surface area contributed by atoms with Crippen LogP contribution in [0.25, 0.3) is 0 Å². The van der Waals surface area contributed by atoms with Crippen LogP contribution >= 0.6 is 0 Å². The van der Waals surface area contributed by atoms with Gasteiger partial charge in [0.15, 0.2) is 9.84 Å². The molecule has 28 heavy (non-hydrogen) atoms. The molecule has 0 saturated carbocycles. The summed E-state index contributed by atoms with van der Waals surface area (Å²) in [4.78, 5) is 24.5. The van der Waals surface area contributed by atoms with Crippen LogP contribution in [0, 0.1) is 6.92 Å². The number of nitrogens with one attached hydrogen (secondary N) is 3. The van der Waals surface area contributed by atoms with Gasteiger partial charge in [0.05, 0.1) is 10.9 Å². The van der Waals surface area contributed by atoms with E-state index in [4.69, 9.17) is 0 Å². The molecule has 7 nitrogen and oxygen atoms in total. The summed E-state index contributed by atoms with van der Waals surface area (Å²) in [6, 6.07) is 13.2. The maximum Gasteiger partial charge on any atom is 0.319 e. The number of amides is 3. The van der Waals surface area contributed by atoms with Gasteiger partial charge in [-0.25, -0.2) is 13.2 Å². The van der Waals surface area contributed by atoms with Crippen molar-refractivity contribution < 1.29 is 18.0 Å². The van der Waals surface area contributed by atoms with Crippen molar-refractivity contribution in [3.8, 4) is 0 Å². The van der Waals surface area contributed by atoms with Crippen molar-refractivity contribution in [2.24, 2.45) is 0 Å². The summed E-state index contributed by atoms with van der Waals surface area (Å²) in [5.41, 5.74) is 2.58. The van der Waals surface area contributed by atoms with Gasteiger partial charge in [-0.2, -0.15) is 0 Å². The molecule has 8 heteroatoms. The van der Waals surface area contributed by atoms with E-state index in [0.29, 0.717) is 12.2 Å². The normalized spacial score (nSPS) is 19.6. The number of rotatable bonds is 4. The SMILES string of the molecule is Cc1ccc(NC(=O)N[C@@H]2CNC(=O)CC2c2ccc(S(C)(=O)=O)cc2)cc1. The van der Waals surface area contributed by atoms with Gasteiger partial charge in [-0.05, 0) is 36.8 Å². The number of anilines is 1. The number of benzene rings is 2. The van der Waals surface area contributed by atoms with E-state index in [1.807, 2.05) is 31.2 Å². The first-order valence-corrected chi connectivity index (χ1v) is 10.8. The molecule has 1 heterocycles. The summed E-state index contributed by atoms with van der Waals surface area (Å²) in [7, 11) is -3.29. The number of sulfone groups is 1. The minimum atomic E-state index is -3.29. The predicted octanol–water partition coefficient (Wildman–Crippen LogP) is 2.19. The fraction of sp³-hybridized carbons (Fsp3) is 0.300. The molecule has 1 unspecified atom stereocenters. The van der Waals surface area contributed by atoms with Crippen LogP contribution in [-0.4, -0.2) is 39.2 Å². The first-order chi connectivity index (χ1) is 13.2. The maximum absolute atomic E-state index is 12.4. The largest absolute Gasteiger partial charge is 0.354 e. The predicted molar refractivity (Wildman–Crippen MR) is 107 cm³/mol. The van der Waals surface area contributed by atoms with Gasteiger partial charge in [-0.3, -0.25) is 4.79 Å². The van der Waals surface area contributed by atoms with Gasteiger partial charge in [0.25, 0.3) is 0 Å². The van der Waals surface area contributed by atoms with Crippen molar-refractivity contribution >= 4 is 27.5 Å². The molecule has 1 aliphatic heterocycles. The molecule has 148 valence electrons. The maximum atomic E-state index is 12.4. The molecule has 3 N–H and O–H groups in total. The molecule has 1 saturated heterocycles. The number of hydrogen-bond acceptors (Lipinski definition) is 4. The Morgan fingerprint density at radius 2 is 1.71 bits per heavy atom.